The third-order valence-electron chi connectivity index (χ3n) is 5.06. The van der Waals surface area contributed by atoms with Crippen LogP contribution in [0.15, 0.2) is 0 Å². The molecule has 4 nitrogen and oxygen atoms in total. The Balaban J connectivity index is 1.56. The smallest absolute Gasteiger partial charge is 0.193 e. The monoisotopic (exact) mass is 240 g/mol. The number of nitrogens with one attached hydrogen (secondary N) is 1. The quantitative estimate of drug-likeness (QED) is 0.745. The predicted molar refractivity (Wildman–Crippen MR) is 65.9 cm³/mol. The molecule has 3 fully saturated rings. The molecular formula is C13H24N2O2. The molecule has 0 aromatic heterocycles. The van der Waals surface area contributed by atoms with Crippen LogP contribution in [0, 0.1) is 0 Å². The number of ether oxygens (including phenoxy) is 2. The summed E-state index contributed by atoms with van der Waals surface area (Å²) >= 11 is 0. The summed E-state index contributed by atoms with van der Waals surface area (Å²) in [4.78, 5) is 2.54. The van der Waals surface area contributed by atoms with Crippen LogP contribution in [-0.4, -0.2) is 56.1 Å². The fourth-order valence-electron chi connectivity index (χ4n) is 3.60. The molecule has 2 heterocycles. The van der Waals surface area contributed by atoms with E-state index in [2.05, 4.69) is 10.2 Å². The molecule has 2 aliphatic heterocycles. The van der Waals surface area contributed by atoms with Crippen LogP contribution in [0.5, 0.6) is 0 Å². The van der Waals surface area contributed by atoms with Gasteiger partial charge in [0.2, 0.25) is 0 Å². The maximum Gasteiger partial charge on any atom is 0.193 e. The Kier molecular flexibility index (Phi) is 2.94. The molecule has 3 aliphatic rings. The lowest BCUT2D eigenvalue weighted by Gasteiger charge is -2.56. The van der Waals surface area contributed by atoms with E-state index in [1.165, 1.54) is 38.6 Å². The second kappa shape index (κ2) is 4.19. The molecule has 2 saturated heterocycles. The predicted octanol–water partition coefficient (Wildman–Crippen LogP) is 0.966. The van der Waals surface area contributed by atoms with Gasteiger partial charge in [0.15, 0.2) is 5.79 Å². The third-order valence-corrected chi connectivity index (χ3v) is 5.06. The Bertz CT molecular complexity index is 279. The number of piperidine rings is 1. The van der Waals surface area contributed by atoms with Gasteiger partial charge in [-0.3, -0.25) is 4.90 Å². The van der Waals surface area contributed by atoms with Gasteiger partial charge < -0.3 is 14.8 Å². The maximum atomic E-state index is 5.46. The van der Waals surface area contributed by atoms with Gasteiger partial charge >= 0.3 is 0 Å². The van der Waals surface area contributed by atoms with Gasteiger partial charge in [-0.2, -0.15) is 0 Å². The van der Waals surface area contributed by atoms with Crippen molar-refractivity contribution in [2.45, 2.75) is 49.5 Å². The summed E-state index contributed by atoms with van der Waals surface area (Å²) in [7, 11) is 3.49. The molecule has 0 amide bonds. The Morgan fingerprint density at radius 1 is 1.18 bits per heavy atom. The van der Waals surface area contributed by atoms with E-state index < -0.39 is 0 Å². The fraction of sp³-hybridized carbons (Fsp3) is 1.00. The first-order chi connectivity index (χ1) is 8.21. The van der Waals surface area contributed by atoms with Gasteiger partial charge in [0.05, 0.1) is 13.1 Å². The molecule has 3 rings (SSSR count). The van der Waals surface area contributed by atoms with E-state index in [1.807, 2.05) is 0 Å². The van der Waals surface area contributed by atoms with Gasteiger partial charge in [0.25, 0.3) is 0 Å². The van der Waals surface area contributed by atoms with Crippen molar-refractivity contribution >= 4 is 0 Å². The summed E-state index contributed by atoms with van der Waals surface area (Å²) in [5.74, 6) is -0.322. The first-order valence-corrected chi connectivity index (χ1v) is 6.80. The van der Waals surface area contributed by atoms with Gasteiger partial charge in [-0.25, -0.2) is 0 Å². The fourth-order valence-corrected chi connectivity index (χ4v) is 3.60. The lowest BCUT2D eigenvalue weighted by Crippen LogP contribution is -2.69. The standard InChI is InChI=1S/C13H24N2O2/c1-16-13(17-2)9-15(10-13)11-4-7-14-12(8-11)5-3-6-12/h11,14H,3-10H2,1-2H3. The van der Waals surface area contributed by atoms with E-state index in [1.54, 1.807) is 14.2 Å². The molecule has 98 valence electrons. The molecular weight excluding hydrogens is 216 g/mol. The molecule has 1 aliphatic carbocycles. The van der Waals surface area contributed by atoms with Crippen molar-refractivity contribution in [2.75, 3.05) is 33.9 Å². The van der Waals surface area contributed by atoms with Crippen molar-refractivity contribution < 1.29 is 9.47 Å². The molecule has 1 spiro atoms. The number of likely N-dealkylation sites (tertiary alicyclic amines) is 1. The zero-order valence-electron chi connectivity index (χ0n) is 11.0. The SMILES string of the molecule is COC1(OC)CN(C2CCNC3(CCC3)C2)C1. The normalized spacial score (nSPS) is 35.3. The van der Waals surface area contributed by atoms with E-state index in [0.29, 0.717) is 5.54 Å². The zero-order valence-corrected chi connectivity index (χ0v) is 11.0. The first kappa shape index (κ1) is 11.9. The number of hydrogen-bond acceptors (Lipinski definition) is 4. The minimum atomic E-state index is -0.322. The van der Waals surface area contributed by atoms with Crippen molar-refractivity contribution in [3.8, 4) is 0 Å². The molecule has 1 N–H and O–H groups in total. The molecule has 1 atom stereocenters. The van der Waals surface area contributed by atoms with E-state index in [-0.39, 0.29) is 5.79 Å². The van der Waals surface area contributed by atoms with Crippen molar-refractivity contribution in [3.63, 3.8) is 0 Å². The van der Waals surface area contributed by atoms with Crippen molar-refractivity contribution in [3.05, 3.63) is 0 Å². The van der Waals surface area contributed by atoms with Crippen molar-refractivity contribution in [1.82, 2.24) is 10.2 Å². The highest BCUT2D eigenvalue weighted by atomic mass is 16.7. The van der Waals surface area contributed by atoms with E-state index in [9.17, 15) is 0 Å². The van der Waals surface area contributed by atoms with Gasteiger partial charge in [-0.1, -0.05) is 0 Å². The highest BCUT2D eigenvalue weighted by Gasteiger charge is 2.50. The van der Waals surface area contributed by atoms with Crippen LogP contribution in [0.4, 0.5) is 0 Å². The average Bonchev–Trinajstić information content (AvgIpc) is 2.27. The van der Waals surface area contributed by atoms with Crippen LogP contribution < -0.4 is 5.32 Å². The Morgan fingerprint density at radius 2 is 1.88 bits per heavy atom. The summed E-state index contributed by atoms with van der Waals surface area (Å²) in [6.07, 6.45) is 6.73. The Labute approximate surface area is 104 Å². The third kappa shape index (κ3) is 1.91. The van der Waals surface area contributed by atoms with Gasteiger partial charge in [0.1, 0.15) is 0 Å². The topological polar surface area (TPSA) is 33.7 Å². The van der Waals surface area contributed by atoms with Gasteiger partial charge in [-0.15, -0.1) is 0 Å². The summed E-state index contributed by atoms with van der Waals surface area (Å²) < 4.78 is 10.9. The number of rotatable bonds is 3. The molecule has 0 aromatic rings. The Hall–Kier alpha value is -0.160. The van der Waals surface area contributed by atoms with E-state index >= 15 is 0 Å². The molecule has 0 aromatic carbocycles. The zero-order chi connectivity index (χ0) is 11.9. The molecule has 0 radical (unpaired) electrons. The van der Waals surface area contributed by atoms with Crippen LogP contribution in [-0.2, 0) is 9.47 Å². The second-order valence-electron chi connectivity index (χ2n) is 5.93. The number of hydrogen-bond donors (Lipinski definition) is 1. The first-order valence-electron chi connectivity index (χ1n) is 6.80. The molecule has 1 unspecified atom stereocenters. The van der Waals surface area contributed by atoms with E-state index in [0.717, 1.165) is 19.1 Å². The van der Waals surface area contributed by atoms with Gasteiger partial charge in [0, 0.05) is 25.8 Å². The molecule has 4 heteroatoms. The molecule has 1 saturated carbocycles. The van der Waals surface area contributed by atoms with Crippen LogP contribution in [0.2, 0.25) is 0 Å². The number of methoxy groups -OCH3 is 2. The lowest BCUT2D eigenvalue weighted by molar-refractivity contribution is -0.284. The highest BCUT2D eigenvalue weighted by molar-refractivity contribution is 5.04. The minimum Gasteiger partial charge on any atom is -0.351 e. The largest absolute Gasteiger partial charge is 0.351 e. The van der Waals surface area contributed by atoms with Crippen molar-refractivity contribution in [2.24, 2.45) is 0 Å². The van der Waals surface area contributed by atoms with E-state index in [4.69, 9.17) is 9.47 Å². The average molecular weight is 240 g/mol. The second-order valence-corrected chi connectivity index (χ2v) is 5.93. The van der Waals surface area contributed by atoms with Crippen molar-refractivity contribution in [1.29, 1.82) is 0 Å². The minimum absolute atomic E-state index is 0.322. The highest BCUT2D eigenvalue weighted by Crippen LogP contribution is 2.41. The van der Waals surface area contributed by atoms with Gasteiger partial charge in [-0.05, 0) is 38.6 Å². The summed E-state index contributed by atoms with van der Waals surface area (Å²) in [6.45, 7) is 3.04. The maximum absolute atomic E-state index is 5.46. The van der Waals surface area contributed by atoms with Crippen LogP contribution >= 0.6 is 0 Å². The summed E-state index contributed by atoms with van der Waals surface area (Å²) in [6, 6.07) is 0.731. The summed E-state index contributed by atoms with van der Waals surface area (Å²) in [5, 5.41) is 3.72. The molecule has 0 bridgehead atoms. The Morgan fingerprint density at radius 3 is 2.41 bits per heavy atom. The van der Waals surface area contributed by atoms with Crippen LogP contribution in [0.1, 0.15) is 32.1 Å². The summed E-state index contributed by atoms with van der Waals surface area (Å²) in [5.41, 5.74) is 0.487. The lowest BCUT2D eigenvalue weighted by atomic mass is 9.70. The van der Waals surface area contributed by atoms with Crippen LogP contribution in [0.25, 0.3) is 0 Å². The van der Waals surface area contributed by atoms with Crippen LogP contribution in [0.3, 0.4) is 0 Å². The molecule has 17 heavy (non-hydrogen) atoms. The number of nitrogens with zero attached hydrogens (tertiary/aromatic N) is 1.